The molecule has 2 aromatic carbocycles. The van der Waals surface area contributed by atoms with Crippen LogP contribution in [0.25, 0.3) is 27.6 Å². The van der Waals surface area contributed by atoms with E-state index in [9.17, 15) is 13.2 Å². The van der Waals surface area contributed by atoms with E-state index in [2.05, 4.69) is 10.1 Å². The summed E-state index contributed by atoms with van der Waals surface area (Å²) in [4.78, 5) is 4.37. The lowest BCUT2D eigenvalue weighted by Crippen LogP contribution is -2.07. The average Bonchev–Trinajstić information content (AvgIpc) is 2.92. The summed E-state index contributed by atoms with van der Waals surface area (Å²) in [5.41, 5.74) is 6.45. The SMILES string of the molecule is Nc1ccc2nc3c(cc2c1)c(C(F)(F)F)nn3-c1ccccc1. The van der Waals surface area contributed by atoms with Crippen LogP contribution >= 0.6 is 0 Å². The standard InChI is InChI=1S/C17H11F3N4/c18-17(19,20)15-13-9-10-8-11(21)6-7-14(10)22-16(13)24(23-15)12-4-2-1-3-5-12/h1-9H,21H2. The molecule has 2 heterocycles. The smallest absolute Gasteiger partial charge is 0.399 e. The second kappa shape index (κ2) is 4.95. The third kappa shape index (κ3) is 2.25. The molecule has 0 saturated carbocycles. The summed E-state index contributed by atoms with van der Waals surface area (Å²) in [6.45, 7) is 0. The molecule has 0 unspecified atom stereocenters. The normalized spacial score (nSPS) is 12.1. The fourth-order valence-corrected chi connectivity index (χ4v) is 2.68. The molecule has 120 valence electrons. The summed E-state index contributed by atoms with van der Waals surface area (Å²) in [6.07, 6.45) is -4.58. The van der Waals surface area contributed by atoms with Gasteiger partial charge >= 0.3 is 6.18 Å². The maximum atomic E-state index is 13.4. The first-order valence-electron chi connectivity index (χ1n) is 7.15. The fraction of sp³-hybridized carbons (Fsp3) is 0.0588. The zero-order chi connectivity index (χ0) is 16.9. The highest BCUT2D eigenvalue weighted by molar-refractivity contribution is 5.94. The molecule has 2 aromatic heterocycles. The summed E-state index contributed by atoms with van der Waals surface area (Å²) in [5, 5.41) is 4.27. The number of para-hydroxylation sites is 1. The number of pyridine rings is 1. The number of benzene rings is 2. The first kappa shape index (κ1) is 14.5. The quantitative estimate of drug-likeness (QED) is 0.533. The van der Waals surface area contributed by atoms with Crippen LogP contribution in [0.5, 0.6) is 0 Å². The maximum Gasteiger partial charge on any atom is 0.435 e. The van der Waals surface area contributed by atoms with Crippen LogP contribution in [0.15, 0.2) is 54.6 Å². The van der Waals surface area contributed by atoms with Gasteiger partial charge in [0.05, 0.1) is 16.6 Å². The van der Waals surface area contributed by atoms with Gasteiger partial charge in [-0.05, 0) is 36.4 Å². The zero-order valence-corrected chi connectivity index (χ0v) is 12.2. The van der Waals surface area contributed by atoms with E-state index in [-0.39, 0.29) is 11.0 Å². The molecule has 0 fully saturated rings. The summed E-state index contributed by atoms with van der Waals surface area (Å²) in [6, 6.07) is 15.0. The Hall–Kier alpha value is -3.09. The number of nitrogen functional groups attached to an aromatic ring is 1. The highest BCUT2D eigenvalue weighted by Gasteiger charge is 2.37. The van der Waals surface area contributed by atoms with Crippen LogP contribution in [0.2, 0.25) is 0 Å². The van der Waals surface area contributed by atoms with Crippen molar-refractivity contribution < 1.29 is 13.2 Å². The topological polar surface area (TPSA) is 56.7 Å². The number of nitrogens with two attached hydrogens (primary N) is 1. The van der Waals surface area contributed by atoms with E-state index < -0.39 is 11.9 Å². The third-order valence-corrected chi connectivity index (χ3v) is 3.74. The van der Waals surface area contributed by atoms with Crippen LogP contribution in [0.4, 0.5) is 18.9 Å². The number of hydrogen-bond donors (Lipinski definition) is 1. The Kier molecular flexibility index (Phi) is 2.99. The Balaban J connectivity index is 2.12. The second-order valence-electron chi connectivity index (χ2n) is 5.41. The number of alkyl halides is 3. The average molecular weight is 328 g/mol. The molecule has 0 aliphatic heterocycles. The minimum Gasteiger partial charge on any atom is -0.399 e. The summed E-state index contributed by atoms with van der Waals surface area (Å²) < 4.78 is 41.4. The lowest BCUT2D eigenvalue weighted by Gasteiger charge is -2.04. The van der Waals surface area contributed by atoms with Crippen LogP contribution in [0, 0.1) is 0 Å². The van der Waals surface area contributed by atoms with Gasteiger partial charge in [-0.2, -0.15) is 18.3 Å². The molecular weight excluding hydrogens is 317 g/mol. The first-order valence-corrected chi connectivity index (χ1v) is 7.15. The van der Waals surface area contributed by atoms with E-state index in [1.165, 1.54) is 10.7 Å². The van der Waals surface area contributed by atoms with Crippen LogP contribution in [-0.4, -0.2) is 14.8 Å². The van der Waals surface area contributed by atoms with Gasteiger partial charge in [-0.15, -0.1) is 0 Å². The van der Waals surface area contributed by atoms with E-state index in [1.807, 2.05) is 0 Å². The molecule has 0 saturated heterocycles. The van der Waals surface area contributed by atoms with Gasteiger partial charge in [-0.3, -0.25) is 0 Å². The monoisotopic (exact) mass is 328 g/mol. The molecule has 0 amide bonds. The molecule has 0 atom stereocenters. The number of aromatic nitrogens is 3. The Bertz CT molecular complexity index is 1050. The van der Waals surface area contributed by atoms with Crippen molar-refractivity contribution in [1.82, 2.24) is 14.8 Å². The molecule has 4 rings (SSSR count). The van der Waals surface area contributed by atoms with Gasteiger partial charge in [0.15, 0.2) is 11.3 Å². The highest BCUT2D eigenvalue weighted by atomic mass is 19.4. The van der Waals surface area contributed by atoms with E-state index in [0.29, 0.717) is 22.3 Å². The lowest BCUT2D eigenvalue weighted by atomic mass is 10.1. The molecule has 2 N–H and O–H groups in total. The Morgan fingerprint density at radius 2 is 1.71 bits per heavy atom. The minimum atomic E-state index is -4.58. The number of fused-ring (bicyclic) bond motifs is 2. The van der Waals surface area contributed by atoms with Crippen molar-refractivity contribution in [3.05, 3.63) is 60.3 Å². The van der Waals surface area contributed by atoms with Crippen LogP contribution < -0.4 is 5.73 Å². The molecule has 0 aliphatic rings. The molecule has 0 bridgehead atoms. The predicted molar refractivity (Wildman–Crippen MR) is 85.8 cm³/mol. The first-order chi connectivity index (χ1) is 11.4. The number of nitrogens with zero attached hydrogens (tertiary/aromatic N) is 3. The van der Waals surface area contributed by atoms with Gasteiger partial charge in [-0.25, -0.2) is 9.67 Å². The second-order valence-corrected chi connectivity index (χ2v) is 5.41. The molecule has 0 spiro atoms. The van der Waals surface area contributed by atoms with Crippen molar-refractivity contribution >= 4 is 27.6 Å². The molecular formula is C17H11F3N4. The Morgan fingerprint density at radius 1 is 0.958 bits per heavy atom. The van der Waals surface area contributed by atoms with E-state index >= 15 is 0 Å². The van der Waals surface area contributed by atoms with Gasteiger partial charge in [0, 0.05) is 11.1 Å². The molecule has 24 heavy (non-hydrogen) atoms. The molecule has 0 aliphatic carbocycles. The fourth-order valence-electron chi connectivity index (χ4n) is 2.68. The van der Waals surface area contributed by atoms with Crippen molar-refractivity contribution in [3.63, 3.8) is 0 Å². The van der Waals surface area contributed by atoms with Crippen LogP contribution in [0.1, 0.15) is 5.69 Å². The summed E-state index contributed by atoms with van der Waals surface area (Å²) in [7, 11) is 0. The predicted octanol–water partition coefficient (Wildman–Crippen LogP) is 4.17. The number of rotatable bonds is 1. The van der Waals surface area contributed by atoms with Gasteiger partial charge in [-0.1, -0.05) is 18.2 Å². The van der Waals surface area contributed by atoms with E-state index in [0.717, 1.165) is 0 Å². The molecule has 4 aromatic rings. The van der Waals surface area contributed by atoms with Crippen molar-refractivity contribution in [2.24, 2.45) is 0 Å². The van der Waals surface area contributed by atoms with E-state index in [1.54, 1.807) is 48.5 Å². The van der Waals surface area contributed by atoms with Crippen molar-refractivity contribution in [3.8, 4) is 5.69 Å². The zero-order valence-electron chi connectivity index (χ0n) is 12.2. The van der Waals surface area contributed by atoms with Gasteiger partial charge in [0.1, 0.15) is 0 Å². The number of halogens is 3. The molecule has 7 heteroatoms. The van der Waals surface area contributed by atoms with Crippen molar-refractivity contribution in [1.29, 1.82) is 0 Å². The third-order valence-electron chi connectivity index (χ3n) is 3.74. The highest BCUT2D eigenvalue weighted by Crippen LogP contribution is 2.35. The number of hydrogen-bond acceptors (Lipinski definition) is 3. The summed E-state index contributed by atoms with van der Waals surface area (Å²) >= 11 is 0. The Morgan fingerprint density at radius 3 is 2.42 bits per heavy atom. The summed E-state index contributed by atoms with van der Waals surface area (Å²) in [5.74, 6) is 0. The molecule has 4 nitrogen and oxygen atoms in total. The number of anilines is 1. The van der Waals surface area contributed by atoms with Gasteiger partial charge in [0.2, 0.25) is 0 Å². The van der Waals surface area contributed by atoms with Crippen molar-refractivity contribution in [2.75, 3.05) is 5.73 Å². The lowest BCUT2D eigenvalue weighted by molar-refractivity contribution is -0.140. The van der Waals surface area contributed by atoms with Gasteiger partial charge in [0.25, 0.3) is 0 Å². The van der Waals surface area contributed by atoms with Gasteiger partial charge < -0.3 is 5.73 Å². The maximum absolute atomic E-state index is 13.4. The van der Waals surface area contributed by atoms with Crippen LogP contribution in [0.3, 0.4) is 0 Å². The molecule has 0 radical (unpaired) electrons. The van der Waals surface area contributed by atoms with E-state index in [4.69, 9.17) is 5.73 Å². The van der Waals surface area contributed by atoms with Crippen molar-refractivity contribution in [2.45, 2.75) is 6.18 Å². The minimum absolute atomic E-state index is 0.0514. The van der Waals surface area contributed by atoms with Crippen LogP contribution in [-0.2, 0) is 6.18 Å². The largest absolute Gasteiger partial charge is 0.435 e. The Labute approximate surface area is 134 Å².